The summed E-state index contributed by atoms with van der Waals surface area (Å²) in [4.78, 5) is 28.1. The smallest absolute Gasteiger partial charge is 0.319 e. The van der Waals surface area contributed by atoms with Crippen molar-refractivity contribution in [3.05, 3.63) is 72.4 Å². The van der Waals surface area contributed by atoms with Gasteiger partial charge in [0.05, 0.1) is 5.52 Å². The van der Waals surface area contributed by atoms with Gasteiger partial charge in [0.25, 0.3) is 0 Å². The van der Waals surface area contributed by atoms with E-state index in [0.29, 0.717) is 18.7 Å². The Hall–Kier alpha value is -3.41. The molecule has 138 valence electrons. The van der Waals surface area contributed by atoms with Crippen molar-refractivity contribution in [3.8, 4) is 0 Å². The molecular formula is C21H22N4O2. The zero-order chi connectivity index (χ0) is 18.9. The van der Waals surface area contributed by atoms with Crippen LogP contribution in [0, 0.1) is 0 Å². The number of hydrogen-bond donors (Lipinski definition) is 3. The summed E-state index contributed by atoms with van der Waals surface area (Å²) >= 11 is 0. The monoisotopic (exact) mass is 362 g/mol. The molecule has 3 rings (SSSR count). The van der Waals surface area contributed by atoms with Crippen LogP contribution in [-0.2, 0) is 11.2 Å². The Morgan fingerprint density at radius 3 is 2.52 bits per heavy atom. The third-order valence-corrected chi connectivity index (χ3v) is 4.10. The normalized spacial score (nSPS) is 10.4. The van der Waals surface area contributed by atoms with E-state index in [1.807, 2.05) is 48.5 Å². The summed E-state index contributed by atoms with van der Waals surface area (Å²) in [5.74, 6) is -0.0943. The number of urea groups is 1. The topological polar surface area (TPSA) is 83.1 Å². The van der Waals surface area contributed by atoms with Gasteiger partial charge >= 0.3 is 6.03 Å². The second kappa shape index (κ2) is 9.33. The van der Waals surface area contributed by atoms with E-state index < -0.39 is 0 Å². The third kappa shape index (κ3) is 5.54. The molecule has 0 spiro atoms. The van der Waals surface area contributed by atoms with E-state index >= 15 is 0 Å². The maximum atomic E-state index is 11.9. The second-order valence-corrected chi connectivity index (χ2v) is 6.09. The molecule has 0 unspecified atom stereocenters. The molecule has 0 fully saturated rings. The van der Waals surface area contributed by atoms with Crippen LogP contribution in [0.4, 0.5) is 10.5 Å². The van der Waals surface area contributed by atoms with E-state index in [9.17, 15) is 9.59 Å². The van der Waals surface area contributed by atoms with Crippen molar-refractivity contribution in [3.63, 3.8) is 0 Å². The number of aromatic nitrogens is 1. The number of carbonyl (C=O) groups is 2. The predicted octanol–water partition coefficient (Wildman–Crippen LogP) is 3.11. The van der Waals surface area contributed by atoms with Gasteiger partial charge in [0.1, 0.15) is 0 Å². The Balaban J connectivity index is 1.37. The molecule has 27 heavy (non-hydrogen) atoms. The molecule has 1 aromatic heterocycles. The third-order valence-electron chi connectivity index (χ3n) is 4.10. The lowest BCUT2D eigenvalue weighted by molar-refractivity contribution is -0.120. The zero-order valence-electron chi connectivity index (χ0n) is 14.9. The Kier molecular flexibility index (Phi) is 6.35. The van der Waals surface area contributed by atoms with E-state index in [1.165, 1.54) is 0 Å². The zero-order valence-corrected chi connectivity index (χ0v) is 14.9. The number of amides is 3. The van der Waals surface area contributed by atoms with Gasteiger partial charge in [-0.1, -0.05) is 42.5 Å². The molecule has 0 aliphatic carbocycles. The number of pyridine rings is 1. The lowest BCUT2D eigenvalue weighted by atomic mass is 10.1. The highest BCUT2D eigenvalue weighted by molar-refractivity contribution is 5.89. The van der Waals surface area contributed by atoms with Crippen LogP contribution < -0.4 is 16.0 Å². The van der Waals surface area contributed by atoms with Crippen LogP contribution in [-0.4, -0.2) is 30.0 Å². The van der Waals surface area contributed by atoms with Crippen LogP contribution in [0.1, 0.15) is 12.0 Å². The Labute approximate surface area is 158 Å². The molecule has 3 aromatic rings. The summed E-state index contributed by atoms with van der Waals surface area (Å²) in [6, 6.07) is 18.8. The fourth-order valence-electron chi connectivity index (χ4n) is 2.78. The molecule has 0 aliphatic rings. The fourth-order valence-corrected chi connectivity index (χ4v) is 2.78. The summed E-state index contributed by atoms with van der Waals surface area (Å²) in [7, 11) is 0. The van der Waals surface area contributed by atoms with Crippen molar-refractivity contribution in [2.24, 2.45) is 0 Å². The number of fused-ring (bicyclic) bond motifs is 1. The van der Waals surface area contributed by atoms with Crippen molar-refractivity contribution in [2.75, 3.05) is 18.4 Å². The van der Waals surface area contributed by atoms with Gasteiger partial charge in [0.2, 0.25) is 5.91 Å². The summed E-state index contributed by atoms with van der Waals surface area (Å²) in [5, 5.41) is 9.36. The Morgan fingerprint density at radius 1 is 0.852 bits per heavy atom. The average Bonchev–Trinajstić information content (AvgIpc) is 2.69. The highest BCUT2D eigenvalue weighted by Crippen LogP contribution is 2.15. The molecule has 6 nitrogen and oxygen atoms in total. The molecule has 6 heteroatoms. The first kappa shape index (κ1) is 18.4. The summed E-state index contributed by atoms with van der Waals surface area (Å²) in [6.45, 7) is 0.811. The first-order valence-corrected chi connectivity index (χ1v) is 8.91. The quantitative estimate of drug-likeness (QED) is 0.604. The van der Waals surface area contributed by atoms with E-state index in [-0.39, 0.29) is 24.9 Å². The van der Waals surface area contributed by atoms with Gasteiger partial charge in [-0.25, -0.2) is 4.79 Å². The van der Waals surface area contributed by atoms with Crippen molar-refractivity contribution in [1.82, 2.24) is 15.6 Å². The van der Waals surface area contributed by atoms with Gasteiger partial charge in [0, 0.05) is 36.8 Å². The van der Waals surface area contributed by atoms with Crippen LogP contribution in [0.2, 0.25) is 0 Å². The maximum absolute atomic E-state index is 11.9. The molecule has 0 aliphatic heterocycles. The van der Waals surface area contributed by atoms with E-state index in [2.05, 4.69) is 20.9 Å². The number of rotatable bonds is 7. The maximum Gasteiger partial charge on any atom is 0.319 e. The molecule has 3 amide bonds. The highest BCUT2D eigenvalue weighted by atomic mass is 16.2. The predicted molar refractivity (Wildman–Crippen MR) is 107 cm³/mol. The first-order chi connectivity index (χ1) is 13.2. The molecule has 0 radical (unpaired) electrons. The van der Waals surface area contributed by atoms with Crippen LogP contribution in [0.15, 0.2) is 66.9 Å². The number of carbonyl (C=O) groups excluding carboxylic acids is 2. The summed E-state index contributed by atoms with van der Waals surface area (Å²) in [6.07, 6.45) is 2.72. The lowest BCUT2D eigenvalue weighted by Gasteiger charge is -2.09. The SMILES string of the molecule is O=C(CCNC(=O)Nc1ccccc1)NCCc1cccc2cccnc12. The number of para-hydroxylation sites is 2. The van der Waals surface area contributed by atoms with Crippen LogP contribution in [0.3, 0.4) is 0 Å². The van der Waals surface area contributed by atoms with Crippen LogP contribution in [0.25, 0.3) is 10.9 Å². The summed E-state index contributed by atoms with van der Waals surface area (Å²) < 4.78 is 0. The van der Waals surface area contributed by atoms with Gasteiger partial charge in [-0.05, 0) is 30.2 Å². The average molecular weight is 362 g/mol. The highest BCUT2D eigenvalue weighted by Gasteiger charge is 2.06. The standard InChI is InChI=1S/C21H22N4O2/c26-19(12-15-24-21(27)25-18-9-2-1-3-10-18)22-14-11-17-7-4-6-16-8-5-13-23-20(16)17/h1-10,13H,11-12,14-15H2,(H,22,26)(H2,24,25,27). The molecule has 0 atom stereocenters. The van der Waals surface area contributed by atoms with Gasteiger partial charge in [0.15, 0.2) is 0 Å². The van der Waals surface area contributed by atoms with Crippen molar-refractivity contribution in [2.45, 2.75) is 12.8 Å². The van der Waals surface area contributed by atoms with Gasteiger partial charge < -0.3 is 16.0 Å². The van der Waals surface area contributed by atoms with E-state index in [1.54, 1.807) is 18.3 Å². The van der Waals surface area contributed by atoms with Gasteiger partial charge in [-0.2, -0.15) is 0 Å². The number of nitrogens with one attached hydrogen (secondary N) is 3. The molecule has 3 N–H and O–H groups in total. The first-order valence-electron chi connectivity index (χ1n) is 8.91. The molecule has 2 aromatic carbocycles. The number of nitrogens with zero attached hydrogens (tertiary/aromatic N) is 1. The van der Waals surface area contributed by atoms with Crippen molar-refractivity contribution < 1.29 is 9.59 Å². The van der Waals surface area contributed by atoms with E-state index in [0.717, 1.165) is 16.5 Å². The minimum Gasteiger partial charge on any atom is -0.356 e. The minimum atomic E-state index is -0.323. The van der Waals surface area contributed by atoms with Crippen LogP contribution >= 0.6 is 0 Å². The molecule has 0 bridgehead atoms. The second-order valence-electron chi connectivity index (χ2n) is 6.09. The molecule has 0 saturated carbocycles. The van der Waals surface area contributed by atoms with Gasteiger partial charge in [-0.3, -0.25) is 9.78 Å². The largest absolute Gasteiger partial charge is 0.356 e. The molecule has 0 saturated heterocycles. The van der Waals surface area contributed by atoms with Crippen LogP contribution in [0.5, 0.6) is 0 Å². The molecule has 1 heterocycles. The summed E-state index contributed by atoms with van der Waals surface area (Å²) in [5.41, 5.74) is 2.78. The number of anilines is 1. The fraction of sp³-hybridized carbons (Fsp3) is 0.190. The van der Waals surface area contributed by atoms with Crippen molar-refractivity contribution >= 4 is 28.5 Å². The number of benzene rings is 2. The Bertz CT molecular complexity index is 907. The minimum absolute atomic E-state index is 0.0943. The van der Waals surface area contributed by atoms with Gasteiger partial charge in [-0.15, -0.1) is 0 Å². The van der Waals surface area contributed by atoms with Crippen molar-refractivity contribution in [1.29, 1.82) is 0 Å². The Morgan fingerprint density at radius 2 is 1.67 bits per heavy atom. The lowest BCUT2D eigenvalue weighted by Crippen LogP contribution is -2.33. The molecular weight excluding hydrogens is 340 g/mol. The van der Waals surface area contributed by atoms with E-state index in [4.69, 9.17) is 0 Å². The number of hydrogen-bond acceptors (Lipinski definition) is 3.